The lowest BCUT2D eigenvalue weighted by molar-refractivity contribution is -0.144. The van der Waals surface area contributed by atoms with E-state index in [4.69, 9.17) is 9.84 Å². The Morgan fingerprint density at radius 1 is 1.19 bits per heavy atom. The molecule has 2 aromatic carbocycles. The zero-order valence-electron chi connectivity index (χ0n) is 14.1. The SMILES string of the molecule is COCCN(CC(=O)O)C(=O)CN1c2cccc3cccc(c23)S1(=O)=O. The number of anilines is 1. The van der Waals surface area contributed by atoms with Crippen molar-refractivity contribution in [3.05, 3.63) is 36.4 Å². The number of carbonyl (C=O) groups is 2. The maximum atomic E-state index is 12.9. The molecular formula is C17H18N2O6S. The number of amides is 1. The highest BCUT2D eigenvalue weighted by molar-refractivity contribution is 7.93. The van der Waals surface area contributed by atoms with Crippen molar-refractivity contribution >= 4 is 38.4 Å². The molecule has 0 unspecified atom stereocenters. The van der Waals surface area contributed by atoms with Crippen LogP contribution in [0.3, 0.4) is 0 Å². The molecule has 0 saturated carbocycles. The summed E-state index contributed by atoms with van der Waals surface area (Å²) in [5.74, 6) is -1.78. The maximum absolute atomic E-state index is 12.9. The summed E-state index contributed by atoms with van der Waals surface area (Å²) in [5, 5.41) is 10.3. The third-order valence-electron chi connectivity index (χ3n) is 4.20. The fourth-order valence-electron chi connectivity index (χ4n) is 3.01. The van der Waals surface area contributed by atoms with Crippen LogP contribution in [0.2, 0.25) is 0 Å². The largest absolute Gasteiger partial charge is 0.480 e. The van der Waals surface area contributed by atoms with E-state index in [9.17, 15) is 18.0 Å². The second-order valence-corrected chi connectivity index (χ2v) is 7.68. The minimum atomic E-state index is -3.87. The van der Waals surface area contributed by atoms with E-state index in [-0.39, 0.29) is 18.0 Å². The number of rotatable bonds is 7. The highest BCUT2D eigenvalue weighted by Gasteiger charge is 2.37. The van der Waals surface area contributed by atoms with Crippen molar-refractivity contribution in [1.82, 2.24) is 4.90 Å². The number of carboxylic acid groups (broad SMARTS) is 1. The molecule has 0 saturated heterocycles. The summed E-state index contributed by atoms with van der Waals surface area (Å²) in [5.41, 5.74) is 0.425. The third kappa shape index (κ3) is 3.11. The lowest BCUT2D eigenvalue weighted by Gasteiger charge is -2.24. The van der Waals surface area contributed by atoms with Crippen LogP contribution in [-0.2, 0) is 24.3 Å². The highest BCUT2D eigenvalue weighted by Crippen LogP contribution is 2.41. The summed E-state index contributed by atoms with van der Waals surface area (Å²) in [7, 11) is -2.43. The van der Waals surface area contributed by atoms with Gasteiger partial charge in [0.25, 0.3) is 10.0 Å². The number of hydrogen-bond donors (Lipinski definition) is 1. The van der Waals surface area contributed by atoms with E-state index >= 15 is 0 Å². The highest BCUT2D eigenvalue weighted by atomic mass is 32.2. The molecule has 3 rings (SSSR count). The molecule has 0 atom stereocenters. The molecule has 1 N–H and O–H groups in total. The van der Waals surface area contributed by atoms with E-state index in [1.165, 1.54) is 13.2 Å². The summed E-state index contributed by atoms with van der Waals surface area (Å²) in [6, 6.07) is 10.1. The molecule has 138 valence electrons. The van der Waals surface area contributed by atoms with Gasteiger partial charge in [0.2, 0.25) is 5.91 Å². The monoisotopic (exact) mass is 378 g/mol. The van der Waals surface area contributed by atoms with E-state index < -0.39 is 35.0 Å². The Morgan fingerprint density at radius 3 is 2.54 bits per heavy atom. The molecule has 0 bridgehead atoms. The Kier molecular flexibility index (Phi) is 4.84. The molecule has 1 aliphatic heterocycles. The minimum Gasteiger partial charge on any atom is -0.480 e. The predicted octanol–water partition coefficient (Wildman–Crippen LogP) is 0.908. The van der Waals surface area contributed by atoms with Crippen LogP contribution in [-0.4, -0.2) is 63.7 Å². The molecular weight excluding hydrogens is 360 g/mol. The molecule has 9 heteroatoms. The van der Waals surface area contributed by atoms with Crippen molar-refractivity contribution in [3.63, 3.8) is 0 Å². The molecule has 0 fully saturated rings. The topological polar surface area (TPSA) is 104 Å². The Morgan fingerprint density at radius 2 is 1.88 bits per heavy atom. The van der Waals surface area contributed by atoms with Gasteiger partial charge in [-0.25, -0.2) is 8.42 Å². The molecule has 0 spiro atoms. The first kappa shape index (κ1) is 18.2. The minimum absolute atomic E-state index is 0.0622. The number of ether oxygens (including phenoxy) is 1. The molecule has 1 amide bonds. The van der Waals surface area contributed by atoms with Gasteiger partial charge in [0.15, 0.2) is 0 Å². The number of aliphatic carboxylic acids is 1. The molecule has 8 nitrogen and oxygen atoms in total. The average Bonchev–Trinajstić information content (AvgIpc) is 2.82. The molecule has 0 aliphatic carbocycles. The van der Waals surface area contributed by atoms with Crippen LogP contribution < -0.4 is 4.31 Å². The normalized spacial score (nSPS) is 14.6. The Labute approximate surface area is 150 Å². The second kappa shape index (κ2) is 6.93. The van der Waals surface area contributed by atoms with Gasteiger partial charge in [-0.15, -0.1) is 0 Å². The van der Waals surface area contributed by atoms with Crippen molar-refractivity contribution in [1.29, 1.82) is 0 Å². The number of benzene rings is 2. The van der Waals surface area contributed by atoms with Gasteiger partial charge in [0.1, 0.15) is 13.1 Å². The van der Waals surface area contributed by atoms with Gasteiger partial charge < -0.3 is 14.7 Å². The number of methoxy groups -OCH3 is 1. The molecule has 2 aromatic rings. The number of hydrogen-bond acceptors (Lipinski definition) is 5. The van der Waals surface area contributed by atoms with E-state index in [1.54, 1.807) is 30.3 Å². The lowest BCUT2D eigenvalue weighted by Crippen LogP contribution is -2.45. The van der Waals surface area contributed by atoms with Crippen LogP contribution in [0, 0.1) is 0 Å². The van der Waals surface area contributed by atoms with E-state index in [1.807, 2.05) is 0 Å². The molecule has 26 heavy (non-hydrogen) atoms. The first-order chi connectivity index (χ1) is 12.4. The van der Waals surface area contributed by atoms with Crippen molar-refractivity contribution < 1.29 is 27.9 Å². The van der Waals surface area contributed by atoms with E-state index in [2.05, 4.69) is 0 Å². The Bertz CT molecular complexity index is 967. The second-order valence-electron chi connectivity index (χ2n) is 5.84. The lowest BCUT2D eigenvalue weighted by atomic mass is 10.1. The zero-order chi connectivity index (χ0) is 18.9. The average molecular weight is 378 g/mol. The number of sulfonamides is 1. The summed E-state index contributed by atoms with van der Waals surface area (Å²) < 4.78 is 31.7. The standard InChI is InChI=1S/C17H18N2O6S/c1-25-9-8-18(11-16(21)22)15(20)10-19-13-6-2-4-12-5-3-7-14(17(12)13)26(19,23)24/h2-7H,8-11H2,1H3,(H,21,22). The summed E-state index contributed by atoms with van der Waals surface area (Å²) in [6.45, 7) is -0.769. The van der Waals surface area contributed by atoms with Gasteiger partial charge in [0.05, 0.1) is 17.2 Å². The number of carbonyl (C=O) groups excluding carboxylic acids is 1. The maximum Gasteiger partial charge on any atom is 0.323 e. The van der Waals surface area contributed by atoms with Crippen LogP contribution >= 0.6 is 0 Å². The van der Waals surface area contributed by atoms with Crippen molar-refractivity contribution in [2.45, 2.75) is 4.90 Å². The summed E-state index contributed by atoms with van der Waals surface area (Å²) >= 11 is 0. The van der Waals surface area contributed by atoms with E-state index in [0.717, 1.165) is 14.6 Å². The Balaban J connectivity index is 1.94. The first-order valence-electron chi connectivity index (χ1n) is 7.89. The van der Waals surface area contributed by atoms with Gasteiger partial charge >= 0.3 is 5.97 Å². The molecule has 1 heterocycles. The number of nitrogens with zero attached hydrogens (tertiary/aromatic N) is 2. The van der Waals surface area contributed by atoms with Gasteiger partial charge in [-0.05, 0) is 17.5 Å². The van der Waals surface area contributed by atoms with Crippen molar-refractivity contribution in [2.24, 2.45) is 0 Å². The van der Waals surface area contributed by atoms with Crippen molar-refractivity contribution in [2.75, 3.05) is 37.7 Å². The third-order valence-corrected chi connectivity index (χ3v) is 6.01. The predicted molar refractivity (Wildman–Crippen MR) is 94.6 cm³/mol. The van der Waals surface area contributed by atoms with Gasteiger partial charge in [-0.2, -0.15) is 0 Å². The zero-order valence-corrected chi connectivity index (χ0v) is 14.9. The van der Waals surface area contributed by atoms with Gasteiger partial charge in [-0.3, -0.25) is 13.9 Å². The molecule has 1 aliphatic rings. The summed E-state index contributed by atoms with van der Waals surface area (Å²) in [6.07, 6.45) is 0. The van der Waals surface area contributed by atoms with Gasteiger partial charge in [0, 0.05) is 19.0 Å². The van der Waals surface area contributed by atoms with E-state index in [0.29, 0.717) is 11.1 Å². The smallest absolute Gasteiger partial charge is 0.323 e. The van der Waals surface area contributed by atoms with Crippen LogP contribution in [0.1, 0.15) is 0 Å². The van der Waals surface area contributed by atoms with Crippen LogP contribution in [0.15, 0.2) is 41.3 Å². The van der Waals surface area contributed by atoms with Crippen LogP contribution in [0.5, 0.6) is 0 Å². The fourth-order valence-corrected chi connectivity index (χ4v) is 4.67. The first-order valence-corrected chi connectivity index (χ1v) is 9.33. The fraction of sp³-hybridized carbons (Fsp3) is 0.294. The van der Waals surface area contributed by atoms with Gasteiger partial charge in [-0.1, -0.05) is 24.3 Å². The molecule has 0 radical (unpaired) electrons. The van der Waals surface area contributed by atoms with Crippen LogP contribution in [0.25, 0.3) is 10.8 Å². The summed E-state index contributed by atoms with van der Waals surface area (Å²) in [4.78, 5) is 24.8. The number of carboxylic acids is 1. The van der Waals surface area contributed by atoms with Crippen LogP contribution in [0.4, 0.5) is 5.69 Å². The quantitative estimate of drug-likeness (QED) is 0.768. The van der Waals surface area contributed by atoms with Crippen molar-refractivity contribution in [3.8, 4) is 0 Å². The Hall–Kier alpha value is -2.65. The molecule has 0 aromatic heterocycles.